The molecule has 0 aliphatic carbocycles. The summed E-state index contributed by atoms with van der Waals surface area (Å²) in [4.78, 5) is 86.0. The second kappa shape index (κ2) is 15.9. The molecule has 0 bridgehead atoms. The zero-order valence-corrected chi connectivity index (χ0v) is 24.1. The number of hydrogen-bond donors (Lipinski definition) is 5. The molecule has 0 spiro atoms. The summed E-state index contributed by atoms with van der Waals surface area (Å²) in [5.74, 6) is -4.18. The quantitative estimate of drug-likeness (QED) is 0.110. The summed E-state index contributed by atoms with van der Waals surface area (Å²) in [5, 5.41) is 10.3. The van der Waals surface area contributed by atoms with Gasteiger partial charge >= 0.3 is 12.0 Å². The Morgan fingerprint density at radius 3 is 2.07 bits per heavy atom. The van der Waals surface area contributed by atoms with Crippen LogP contribution < -0.4 is 27.0 Å². The van der Waals surface area contributed by atoms with Gasteiger partial charge in [-0.25, -0.2) is 4.79 Å². The number of nitrogens with zero attached hydrogens (tertiary/aromatic N) is 1. The molecule has 0 saturated carbocycles. The maximum Gasteiger partial charge on any atom is 0.312 e. The average Bonchev–Trinajstić information content (AvgIpc) is 3.24. The highest BCUT2D eigenvalue weighted by Crippen LogP contribution is 2.13. The van der Waals surface area contributed by atoms with E-state index in [1.807, 2.05) is 0 Å². The Morgan fingerprint density at radius 1 is 0.905 bits per heavy atom. The Hall–Kier alpha value is -4.75. The number of benzene rings is 1. The standard InChI is InChI=1S/C28H38N6O8/c1-16(2)24(33-21(35)14-34-22(36)11-12-23(34)37)26(39)32-20(6-5-13-30-28(29)41)25(38)31-19-9-7-18(8-10-19)15-42-27(40)17(3)4/h7-12,16-17,20,24H,5-6,13-15H2,1-4H3,(H,31,38)(H,32,39)(H,33,35)(H3,29,30,41)/t20-,24-/m1/s1. The fraction of sp³-hybridized carbons (Fsp3) is 0.464. The molecule has 1 aliphatic heterocycles. The van der Waals surface area contributed by atoms with E-state index in [9.17, 15) is 33.6 Å². The molecule has 0 aromatic heterocycles. The zero-order chi connectivity index (χ0) is 31.4. The van der Waals surface area contributed by atoms with E-state index in [1.165, 1.54) is 0 Å². The Labute approximate surface area is 243 Å². The summed E-state index contributed by atoms with van der Waals surface area (Å²) in [6, 6.07) is 3.75. The second-order valence-electron chi connectivity index (χ2n) is 10.3. The van der Waals surface area contributed by atoms with Crippen LogP contribution in [0, 0.1) is 11.8 Å². The molecule has 0 saturated heterocycles. The van der Waals surface area contributed by atoms with Crippen LogP contribution in [-0.4, -0.2) is 71.6 Å². The van der Waals surface area contributed by atoms with E-state index in [0.717, 1.165) is 17.1 Å². The number of imide groups is 1. The first kappa shape index (κ1) is 33.5. The molecule has 0 fully saturated rings. The summed E-state index contributed by atoms with van der Waals surface area (Å²) < 4.78 is 5.20. The molecule has 7 amide bonds. The van der Waals surface area contributed by atoms with Crippen LogP contribution in [0.1, 0.15) is 46.1 Å². The SMILES string of the molecule is CC(C)C(=O)OCc1ccc(NC(=O)[C@@H](CCCNC(N)=O)NC(=O)[C@H](NC(=O)CN2C(=O)C=CC2=O)C(C)C)cc1. The van der Waals surface area contributed by atoms with Crippen LogP contribution in [-0.2, 0) is 40.1 Å². The molecule has 1 heterocycles. The molecule has 14 heteroatoms. The highest BCUT2D eigenvalue weighted by molar-refractivity contribution is 6.14. The van der Waals surface area contributed by atoms with Gasteiger partial charge in [0.1, 0.15) is 25.2 Å². The molecule has 0 radical (unpaired) electrons. The maximum absolute atomic E-state index is 13.2. The number of rotatable bonds is 15. The van der Waals surface area contributed by atoms with Gasteiger partial charge in [0.05, 0.1) is 5.92 Å². The zero-order valence-electron chi connectivity index (χ0n) is 24.1. The molecule has 42 heavy (non-hydrogen) atoms. The first-order valence-electron chi connectivity index (χ1n) is 13.5. The van der Waals surface area contributed by atoms with Crippen molar-refractivity contribution in [3.05, 3.63) is 42.0 Å². The highest BCUT2D eigenvalue weighted by atomic mass is 16.5. The van der Waals surface area contributed by atoms with Gasteiger partial charge in [0.25, 0.3) is 11.8 Å². The number of amides is 7. The number of urea groups is 1. The molecule has 6 N–H and O–H groups in total. The first-order chi connectivity index (χ1) is 19.8. The Bertz CT molecular complexity index is 1190. The van der Waals surface area contributed by atoms with Gasteiger partial charge in [-0.05, 0) is 36.5 Å². The summed E-state index contributed by atoms with van der Waals surface area (Å²) in [5.41, 5.74) is 6.24. The normalized spacial score (nSPS) is 14.0. The van der Waals surface area contributed by atoms with Crippen LogP contribution in [0.2, 0.25) is 0 Å². The van der Waals surface area contributed by atoms with E-state index in [0.29, 0.717) is 17.7 Å². The van der Waals surface area contributed by atoms with Gasteiger partial charge in [0.15, 0.2) is 0 Å². The first-order valence-corrected chi connectivity index (χ1v) is 13.5. The van der Waals surface area contributed by atoms with Crippen LogP contribution >= 0.6 is 0 Å². The largest absolute Gasteiger partial charge is 0.461 e. The third-order valence-electron chi connectivity index (χ3n) is 6.14. The van der Waals surface area contributed by atoms with E-state index in [2.05, 4.69) is 21.3 Å². The van der Waals surface area contributed by atoms with Crippen molar-refractivity contribution in [3.8, 4) is 0 Å². The van der Waals surface area contributed by atoms with E-state index in [1.54, 1.807) is 52.0 Å². The lowest BCUT2D eigenvalue weighted by atomic mass is 10.0. The molecule has 2 atom stereocenters. The Morgan fingerprint density at radius 2 is 1.52 bits per heavy atom. The fourth-order valence-electron chi connectivity index (χ4n) is 3.77. The van der Waals surface area contributed by atoms with Gasteiger partial charge in [-0.15, -0.1) is 0 Å². The number of carbonyl (C=O) groups excluding carboxylic acids is 7. The molecule has 1 aromatic carbocycles. The monoisotopic (exact) mass is 586 g/mol. The fourth-order valence-corrected chi connectivity index (χ4v) is 3.77. The molecule has 0 unspecified atom stereocenters. The van der Waals surface area contributed by atoms with Crippen LogP contribution in [0.25, 0.3) is 0 Å². The van der Waals surface area contributed by atoms with Crippen molar-refractivity contribution in [1.29, 1.82) is 0 Å². The van der Waals surface area contributed by atoms with Gasteiger partial charge in [-0.3, -0.25) is 33.7 Å². The van der Waals surface area contributed by atoms with Crippen molar-refractivity contribution in [3.63, 3.8) is 0 Å². The molecule has 1 aliphatic rings. The number of ether oxygens (including phenoxy) is 1. The summed E-state index contributed by atoms with van der Waals surface area (Å²) in [7, 11) is 0. The molecule has 2 rings (SSSR count). The summed E-state index contributed by atoms with van der Waals surface area (Å²) in [6.45, 7) is 6.51. The third-order valence-corrected chi connectivity index (χ3v) is 6.14. The van der Waals surface area contributed by atoms with Gasteiger partial charge < -0.3 is 31.7 Å². The predicted molar refractivity (Wildman–Crippen MR) is 151 cm³/mol. The molecule has 228 valence electrons. The molecular weight excluding hydrogens is 548 g/mol. The van der Waals surface area contributed by atoms with Crippen LogP contribution in [0.5, 0.6) is 0 Å². The smallest absolute Gasteiger partial charge is 0.312 e. The van der Waals surface area contributed by atoms with Crippen molar-refractivity contribution < 1.29 is 38.3 Å². The molecule has 1 aromatic rings. The Kier molecular flexibility index (Phi) is 12.7. The summed E-state index contributed by atoms with van der Waals surface area (Å²) in [6.07, 6.45) is 2.52. The van der Waals surface area contributed by atoms with Gasteiger partial charge in [0.2, 0.25) is 17.7 Å². The minimum Gasteiger partial charge on any atom is -0.461 e. The minimum absolute atomic E-state index is 0.0791. The lowest BCUT2D eigenvalue weighted by Gasteiger charge is -2.26. The number of primary amides is 1. The van der Waals surface area contributed by atoms with Crippen molar-refractivity contribution in [2.45, 2.75) is 59.2 Å². The van der Waals surface area contributed by atoms with Crippen LogP contribution in [0.15, 0.2) is 36.4 Å². The average molecular weight is 587 g/mol. The van der Waals surface area contributed by atoms with Crippen molar-refractivity contribution in [2.75, 3.05) is 18.4 Å². The van der Waals surface area contributed by atoms with E-state index in [-0.39, 0.29) is 31.5 Å². The second-order valence-corrected chi connectivity index (χ2v) is 10.3. The number of anilines is 1. The predicted octanol–water partition coefficient (Wildman–Crippen LogP) is 0.323. The minimum atomic E-state index is -1.08. The number of carbonyl (C=O) groups is 7. The van der Waals surface area contributed by atoms with Crippen LogP contribution in [0.3, 0.4) is 0 Å². The number of hydrogen-bond acceptors (Lipinski definition) is 8. The summed E-state index contributed by atoms with van der Waals surface area (Å²) >= 11 is 0. The molecule has 14 nitrogen and oxygen atoms in total. The number of nitrogens with one attached hydrogen (secondary N) is 4. The van der Waals surface area contributed by atoms with Crippen LogP contribution in [0.4, 0.5) is 10.5 Å². The van der Waals surface area contributed by atoms with Gasteiger partial charge in [-0.2, -0.15) is 0 Å². The van der Waals surface area contributed by atoms with E-state index in [4.69, 9.17) is 10.5 Å². The van der Waals surface area contributed by atoms with Crippen molar-refractivity contribution in [2.24, 2.45) is 17.6 Å². The molecular formula is C28H38N6O8. The highest BCUT2D eigenvalue weighted by Gasteiger charge is 2.31. The van der Waals surface area contributed by atoms with Crippen molar-refractivity contribution >= 4 is 47.2 Å². The van der Waals surface area contributed by atoms with E-state index >= 15 is 0 Å². The van der Waals surface area contributed by atoms with Gasteiger partial charge in [0, 0.05) is 24.4 Å². The third kappa shape index (κ3) is 10.7. The van der Waals surface area contributed by atoms with Gasteiger partial charge in [-0.1, -0.05) is 39.8 Å². The number of esters is 1. The Balaban J connectivity index is 2.07. The van der Waals surface area contributed by atoms with Crippen molar-refractivity contribution in [1.82, 2.24) is 20.9 Å². The lowest BCUT2D eigenvalue weighted by molar-refractivity contribution is -0.148. The van der Waals surface area contributed by atoms with E-state index < -0.39 is 60.1 Å². The topological polar surface area (TPSA) is 206 Å². The lowest BCUT2D eigenvalue weighted by Crippen LogP contribution is -2.56. The number of nitrogens with two attached hydrogens (primary N) is 1. The maximum atomic E-state index is 13.2.